The number of amides is 1. The summed E-state index contributed by atoms with van der Waals surface area (Å²) in [5.41, 5.74) is 0.529. The van der Waals surface area contributed by atoms with E-state index in [9.17, 15) is 9.90 Å². The molecule has 3 atom stereocenters. The van der Waals surface area contributed by atoms with Crippen LogP contribution in [-0.4, -0.2) is 28.1 Å². The Hall–Kier alpha value is -0.870. The van der Waals surface area contributed by atoms with Gasteiger partial charge in [-0.3, -0.25) is 4.79 Å². The van der Waals surface area contributed by atoms with Crippen LogP contribution in [0.5, 0.6) is 0 Å². The van der Waals surface area contributed by atoms with Gasteiger partial charge in [-0.05, 0) is 37.0 Å². The van der Waals surface area contributed by atoms with Crippen molar-refractivity contribution >= 4 is 21.8 Å². The molecule has 1 aliphatic carbocycles. The van der Waals surface area contributed by atoms with Gasteiger partial charge in [0.2, 0.25) is 5.91 Å². The van der Waals surface area contributed by atoms with Crippen LogP contribution in [0.2, 0.25) is 0 Å². The summed E-state index contributed by atoms with van der Waals surface area (Å²) in [7, 11) is 0. The number of hydrogen-bond acceptors (Lipinski definition) is 2. The molecule has 1 saturated heterocycles. The zero-order valence-electron chi connectivity index (χ0n) is 12.4. The first-order valence-electron chi connectivity index (χ1n) is 7.76. The van der Waals surface area contributed by atoms with Crippen molar-refractivity contribution < 1.29 is 9.90 Å². The molecule has 0 bridgehead atoms. The normalized spacial score (nSPS) is 32.6. The summed E-state index contributed by atoms with van der Waals surface area (Å²) in [6.07, 6.45) is 4.81. The first-order valence-corrected chi connectivity index (χ1v) is 8.56. The molecule has 3 rings (SSSR count). The molecule has 1 aliphatic heterocycles. The van der Waals surface area contributed by atoms with E-state index in [-0.39, 0.29) is 17.9 Å². The van der Waals surface area contributed by atoms with E-state index in [0.717, 1.165) is 35.7 Å². The average molecular weight is 352 g/mol. The van der Waals surface area contributed by atoms with E-state index in [0.29, 0.717) is 13.0 Å². The second kappa shape index (κ2) is 5.73. The molecule has 0 spiro atoms. The van der Waals surface area contributed by atoms with Gasteiger partial charge in [-0.25, -0.2) is 0 Å². The summed E-state index contributed by atoms with van der Waals surface area (Å²) in [6, 6.07) is 8.16. The van der Waals surface area contributed by atoms with Crippen LogP contribution in [0.1, 0.15) is 50.6 Å². The van der Waals surface area contributed by atoms with Crippen LogP contribution < -0.4 is 0 Å². The van der Waals surface area contributed by atoms with E-state index < -0.39 is 5.60 Å². The quantitative estimate of drug-likeness (QED) is 0.838. The van der Waals surface area contributed by atoms with Crippen molar-refractivity contribution in [3.05, 3.63) is 34.3 Å². The smallest absolute Gasteiger partial charge is 0.219 e. The summed E-state index contributed by atoms with van der Waals surface area (Å²) < 4.78 is 1.02. The minimum absolute atomic E-state index is 0.000880. The molecule has 2 fully saturated rings. The van der Waals surface area contributed by atoms with Crippen molar-refractivity contribution in [3.63, 3.8) is 0 Å². The van der Waals surface area contributed by atoms with Crippen LogP contribution in [0.25, 0.3) is 0 Å². The summed E-state index contributed by atoms with van der Waals surface area (Å²) in [6.45, 7) is 2.29. The van der Waals surface area contributed by atoms with E-state index in [4.69, 9.17) is 0 Å². The maximum atomic E-state index is 12.1. The number of hydrogen-bond donors (Lipinski definition) is 1. The van der Waals surface area contributed by atoms with Gasteiger partial charge in [0.1, 0.15) is 0 Å². The molecule has 4 heteroatoms. The van der Waals surface area contributed by atoms with Crippen LogP contribution >= 0.6 is 15.9 Å². The zero-order valence-corrected chi connectivity index (χ0v) is 14.0. The van der Waals surface area contributed by atoms with Crippen LogP contribution in [0, 0.1) is 5.92 Å². The van der Waals surface area contributed by atoms with Gasteiger partial charge in [0.15, 0.2) is 0 Å². The van der Waals surface area contributed by atoms with Gasteiger partial charge in [0, 0.05) is 23.9 Å². The zero-order chi connectivity index (χ0) is 15.0. The standard InChI is InChI=1S/C17H22BrNO2/c1-12(20)19-10-9-17(21)8-3-2-7-15(17)16(19)13-5-4-6-14(18)11-13/h4-6,11,15-16,21H,2-3,7-10H2,1H3/t15-,16+,17+/m0/s1. The van der Waals surface area contributed by atoms with Crippen molar-refractivity contribution in [1.29, 1.82) is 0 Å². The Kier molecular flexibility index (Phi) is 4.10. The topological polar surface area (TPSA) is 40.5 Å². The molecule has 1 N–H and O–H groups in total. The average Bonchev–Trinajstić information content (AvgIpc) is 2.45. The van der Waals surface area contributed by atoms with E-state index in [1.54, 1.807) is 6.92 Å². The lowest BCUT2D eigenvalue weighted by molar-refractivity contribution is -0.153. The molecule has 1 heterocycles. The molecule has 114 valence electrons. The van der Waals surface area contributed by atoms with Gasteiger partial charge in [-0.15, -0.1) is 0 Å². The summed E-state index contributed by atoms with van der Waals surface area (Å²) in [5.74, 6) is 0.255. The molecular formula is C17H22BrNO2. The number of fused-ring (bicyclic) bond motifs is 1. The second-order valence-electron chi connectivity index (χ2n) is 6.42. The maximum Gasteiger partial charge on any atom is 0.219 e. The molecule has 1 saturated carbocycles. The third kappa shape index (κ3) is 2.76. The lowest BCUT2D eigenvalue weighted by Crippen LogP contribution is -2.55. The minimum Gasteiger partial charge on any atom is -0.389 e. The number of benzene rings is 1. The number of likely N-dealkylation sites (tertiary alicyclic amines) is 1. The predicted molar refractivity (Wildman–Crippen MR) is 85.8 cm³/mol. The van der Waals surface area contributed by atoms with Gasteiger partial charge in [0.25, 0.3) is 0 Å². The third-order valence-corrected chi connectivity index (χ3v) is 5.66. The lowest BCUT2D eigenvalue weighted by atomic mass is 9.66. The number of carbonyl (C=O) groups is 1. The Morgan fingerprint density at radius 1 is 1.38 bits per heavy atom. The Balaban J connectivity index is 2.02. The largest absolute Gasteiger partial charge is 0.389 e. The maximum absolute atomic E-state index is 12.1. The molecule has 0 aromatic heterocycles. The molecule has 3 nitrogen and oxygen atoms in total. The van der Waals surface area contributed by atoms with Crippen molar-refractivity contribution in [3.8, 4) is 0 Å². The SMILES string of the molecule is CC(=O)N1CC[C@]2(O)CCCC[C@H]2[C@H]1c1cccc(Br)c1. The molecule has 1 aromatic rings. The molecule has 1 aromatic carbocycles. The first-order chi connectivity index (χ1) is 10.0. The van der Waals surface area contributed by atoms with Crippen molar-refractivity contribution in [2.24, 2.45) is 5.92 Å². The Bertz CT molecular complexity index is 547. The minimum atomic E-state index is -0.600. The molecular weight excluding hydrogens is 330 g/mol. The lowest BCUT2D eigenvalue weighted by Gasteiger charge is -2.52. The second-order valence-corrected chi connectivity index (χ2v) is 7.33. The highest BCUT2D eigenvalue weighted by Crippen LogP contribution is 2.49. The Morgan fingerprint density at radius 3 is 2.90 bits per heavy atom. The van der Waals surface area contributed by atoms with Crippen LogP contribution in [0.4, 0.5) is 0 Å². The van der Waals surface area contributed by atoms with E-state index >= 15 is 0 Å². The summed E-state index contributed by atoms with van der Waals surface area (Å²) >= 11 is 3.52. The molecule has 0 unspecified atom stereocenters. The number of rotatable bonds is 1. The number of carbonyl (C=O) groups excluding carboxylic acids is 1. The number of aliphatic hydroxyl groups is 1. The summed E-state index contributed by atoms with van der Waals surface area (Å²) in [4.78, 5) is 14.0. The number of piperidine rings is 1. The number of nitrogens with zero attached hydrogens (tertiary/aromatic N) is 1. The fourth-order valence-electron chi connectivity index (χ4n) is 4.14. The fraction of sp³-hybridized carbons (Fsp3) is 0.588. The van der Waals surface area contributed by atoms with E-state index in [1.807, 2.05) is 17.0 Å². The highest BCUT2D eigenvalue weighted by atomic mass is 79.9. The highest BCUT2D eigenvalue weighted by molar-refractivity contribution is 9.10. The number of halogens is 1. The van der Waals surface area contributed by atoms with Gasteiger partial charge >= 0.3 is 0 Å². The monoisotopic (exact) mass is 351 g/mol. The van der Waals surface area contributed by atoms with E-state index in [1.165, 1.54) is 0 Å². The molecule has 2 aliphatic rings. The summed E-state index contributed by atoms with van der Waals surface area (Å²) in [5, 5.41) is 11.0. The fourth-order valence-corrected chi connectivity index (χ4v) is 4.55. The molecule has 1 amide bonds. The molecule has 0 radical (unpaired) electrons. The van der Waals surface area contributed by atoms with Gasteiger partial charge in [-0.2, -0.15) is 0 Å². The van der Waals surface area contributed by atoms with Crippen molar-refractivity contribution in [1.82, 2.24) is 4.90 Å². The van der Waals surface area contributed by atoms with Gasteiger partial charge in [0.05, 0.1) is 11.6 Å². The Labute approximate surface area is 134 Å². The van der Waals surface area contributed by atoms with Crippen LogP contribution in [0.15, 0.2) is 28.7 Å². The molecule has 21 heavy (non-hydrogen) atoms. The van der Waals surface area contributed by atoms with Crippen LogP contribution in [0.3, 0.4) is 0 Å². The van der Waals surface area contributed by atoms with Gasteiger partial charge < -0.3 is 10.0 Å². The van der Waals surface area contributed by atoms with Gasteiger partial charge in [-0.1, -0.05) is 40.9 Å². The first kappa shape index (κ1) is 15.0. The highest BCUT2D eigenvalue weighted by Gasteiger charge is 2.49. The van der Waals surface area contributed by atoms with Crippen molar-refractivity contribution in [2.45, 2.75) is 50.7 Å². The third-order valence-electron chi connectivity index (χ3n) is 5.16. The predicted octanol–water partition coefficient (Wildman–Crippen LogP) is 3.66. The van der Waals surface area contributed by atoms with Crippen molar-refractivity contribution in [2.75, 3.05) is 6.54 Å². The van der Waals surface area contributed by atoms with Crippen LogP contribution in [-0.2, 0) is 4.79 Å². The van der Waals surface area contributed by atoms with E-state index in [2.05, 4.69) is 28.1 Å². The Morgan fingerprint density at radius 2 is 2.19 bits per heavy atom.